The van der Waals surface area contributed by atoms with E-state index in [9.17, 15) is 4.39 Å². The minimum absolute atomic E-state index is 0.191. The summed E-state index contributed by atoms with van der Waals surface area (Å²) < 4.78 is 13.0. The van der Waals surface area contributed by atoms with Gasteiger partial charge in [0.05, 0.1) is 11.4 Å². The summed E-state index contributed by atoms with van der Waals surface area (Å²) in [4.78, 5) is 0. The molecule has 0 saturated carbocycles. The van der Waals surface area contributed by atoms with Gasteiger partial charge in [-0.05, 0) is 61.2 Å². The molecule has 0 fully saturated rings. The third-order valence-corrected chi connectivity index (χ3v) is 3.28. The number of hydrogen-bond donors (Lipinski definition) is 2. The topological polar surface area (TPSA) is 38.0 Å². The van der Waals surface area contributed by atoms with E-state index in [0.717, 1.165) is 29.9 Å². The summed E-state index contributed by atoms with van der Waals surface area (Å²) in [5.74, 6) is -0.191. The number of aryl methyl sites for hydroxylation is 2. The van der Waals surface area contributed by atoms with Crippen molar-refractivity contribution in [2.75, 3.05) is 17.6 Å². The molecule has 0 aliphatic carbocycles. The molecule has 0 aliphatic heterocycles. The first-order valence-electron chi connectivity index (χ1n) is 6.41. The van der Waals surface area contributed by atoms with Crippen molar-refractivity contribution in [2.24, 2.45) is 0 Å². The monoisotopic (exact) mass is 258 g/mol. The second-order valence-corrected chi connectivity index (χ2v) is 4.83. The van der Waals surface area contributed by atoms with Gasteiger partial charge in [-0.15, -0.1) is 0 Å². The highest BCUT2D eigenvalue weighted by atomic mass is 19.1. The first-order valence-corrected chi connectivity index (χ1v) is 6.41. The minimum atomic E-state index is -0.191. The highest BCUT2D eigenvalue weighted by Gasteiger charge is 2.02. The van der Waals surface area contributed by atoms with Crippen LogP contribution in [0.2, 0.25) is 0 Å². The van der Waals surface area contributed by atoms with Gasteiger partial charge in [0.15, 0.2) is 0 Å². The lowest BCUT2D eigenvalue weighted by Gasteiger charge is -2.12. The molecule has 2 nitrogen and oxygen atoms in total. The largest absolute Gasteiger partial charge is 0.397 e. The maximum atomic E-state index is 13.0. The van der Waals surface area contributed by atoms with E-state index in [1.54, 1.807) is 12.1 Å². The minimum Gasteiger partial charge on any atom is -0.397 e. The van der Waals surface area contributed by atoms with Gasteiger partial charge in [0.25, 0.3) is 0 Å². The summed E-state index contributed by atoms with van der Waals surface area (Å²) in [5, 5.41) is 3.30. The number of rotatable bonds is 4. The van der Waals surface area contributed by atoms with Gasteiger partial charge in [0.2, 0.25) is 0 Å². The Morgan fingerprint density at radius 1 is 1.11 bits per heavy atom. The lowest BCUT2D eigenvalue weighted by Crippen LogP contribution is -2.07. The van der Waals surface area contributed by atoms with Gasteiger partial charge in [0, 0.05) is 6.54 Å². The number of hydrogen-bond acceptors (Lipinski definition) is 2. The molecule has 0 amide bonds. The number of nitrogens with one attached hydrogen (secondary N) is 1. The van der Waals surface area contributed by atoms with E-state index in [1.807, 2.05) is 19.1 Å². The zero-order valence-corrected chi connectivity index (χ0v) is 11.3. The van der Waals surface area contributed by atoms with Crippen molar-refractivity contribution in [2.45, 2.75) is 20.3 Å². The van der Waals surface area contributed by atoms with Crippen molar-refractivity contribution in [3.63, 3.8) is 0 Å². The van der Waals surface area contributed by atoms with Crippen LogP contribution < -0.4 is 11.1 Å². The van der Waals surface area contributed by atoms with E-state index >= 15 is 0 Å². The second kappa shape index (κ2) is 5.74. The first-order chi connectivity index (χ1) is 9.06. The zero-order chi connectivity index (χ0) is 13.8. The molecule has 3 N–H and O–H groups in total. The van der Waals surface area contributed by atoms with Gasteiger partial charge in [-0.3, -0.25) is 0 Å². The fourth-order valence-corrected chi connectivity index (χ4v) is 2.03. The van der Waals surface area contributed by atoms with Gasteiger partial charge in [-0.2, -0.15) is 0 Å². The van der Waals surface area contributed by atoms with Crippen molar-refractivity contribution in [3.8, 4) is 0 Å². The number of anilines is 2. The molecular weight excluding hydrogens is 239 g/mol. The molecule has 2 aromatic carbocycles. The Morgan fingerprint density at radius 2 is 1.84 bits per heavy atom. The smallest absolute Gasteiger partial charge is 0.123 e. The summed E-state index contributed by atoms with van der Waals surface area (Å²) in [6, 6.07) is 10.7. The molecule has 0 spiro atoms. The number of nitrogens with two attached hydrogens (primary N) is 1. The predicted molar refractivity (Wildman–Crippen MR) is 78.9 cm³/mol. The third kappa shape index (κ3) is 3.47. The highest BCUT2D eigenvalue weighted by Crippen LogP contribution is 2.22. The Kier molecular flexibility index (Phi) is 4.05. The van der Waals surface area contributed by atoms with E-state index in [-0.39, 0.29) is 5.82 Å². The van der Waals surface area contributed by atoms with Gasteiger partial charge in [-0.25, -0.2) is 4.39 Å². The molecule has 0 bridgehead atoms. The van der Waals surface area contributed by atoms with Crippen LogP contribution in [0, 0.1) is 19.7 Å². The molecular formula is C16H19FN2. The second-order valence-electron chi connectivity index (χ2n) is 4.83. The van der Waals surface area contributed by atoms with Gasteiger partial charge in [0.1, 0.15) is 5.82 Å². The molecule has 0 atom stereocenters. The van der Waals surface area contributed by atoms with Gasteiger partial charge in [-0.1, -0.05) is 12.1 Å². The molecule has 0 radical (unpaired) electrons. The van der Waals surface area contributed by atoms with Crippen molar-refractivity contribution < 1.29 is 4.39 Å². The standard InChI is InChI=1S/C16H19FN2/c1-11-8-15(18)16(9-12(11)2)19-7-6-13-4-3-5-14(17)10-13/h3-5,8-10,19H,6-7,18H2,1-2H3. The normalized spacial score (nSPS) is 10.5. The summed E-state index contributed by atoms with van der Waals surface area (Å²) >= 11 is 0. The van der Waals surface area contributed by atoms with Crippen LogP contribution in [0.15, 0.2) is 36.4 Å². The van der Waals surface area contributed by atoms with Crippen LogP contribution >= 0.6 is 0 Å². The molecule has 0 unspecified atom stereocenters. The molecule has 0 aliphatic rings. The third-order valence-electron chi connectivity index (χ3n) is 3.28. The van der Waals surface area contributed by atoms with E-state index in [0.29, 0.717) is 0 Å². The molecule has 19 heavy (non-hydrogen) atoms. The lowest BCUT2D eigenvalue weighted by molar-refractivity contribution is 0.625. The Balaban J connectivity index is 1.98. The fraction of sp³-hybridized carbons (Fsp3) is 0.250. The SMILES string of the molecule is Cc1cc(N)c(NCCc2cccc(F)c2)cc1C. The van der Waals surface area contributed by atoms with E-state index in [4.69, 9.17) is 5.73 Å². The average molecular weight is 258 g/mol. The molecule has 0 aromatic heterocycles. The average Bonchev–Trinajstić information content (AvgIpc) is 2.35. The van der Waals surface area contributed by atoms with Crippen molar-refractivity contribution in [1.29, 1.82) is 0 Å². The molecule has 2 rings (SSSR count). The summed E-state index contributed by atoms with van der Waals surface area (Å²) in [6.07, 6.45) is 0.768. The maximum Gasteiger partial charge on any atom is 0.123 e. The first kappa shape index (κ1) is 13.4. The van der Waals surface area contributed by atoms with E-state index in [2.05, 4.69) is 18.3 Å². The summed E-state index contributed by atoms with van der Waals surface area (Å²) in [7, 11) is 0. The fourth-order valence-electron chi connectivity index (χ4n) is 2.03. The van der Waals surface area contributed by atoms with Crippen LogP contribution in [0.3, 0.4) is 0 Å². The van der Waals surface area contributed by atoms with Crippen LogP contribution in [-0.2, 0) is 6.42 Å². The zero-order valence-electron chi connectivity index (χ0n) is 11.3. The Labute approximate surface area is 113 Å². The number of nitrogen functional groups attached to an aromatic ring is 1. The number of benzene rings is 2. The molecule has 100 valence electrons. The van der Waals surface area contributed by atoms with Crippen LogP contribution in [0.25, 0.3) is 0 Å². The Morgan fingerprint density at radius 3 is 2.58 bits per heavy atom. The van der Waals surface area contributed by atoms with E-state index in [1.165, 1.54) is 17.2 Å². The molecule has 0 heterocycles. The van der Waals surface area contributed by atoms with Crippen LogP contribution in [0.1, 0.15) is 16.7 Å². The molecule has 2 aromatic rings. The van der Waals surface area contributed by atoms with Crippen molar-refractivity contribution in [1.82, 2.24) is 0 Å². The maximum absolute atomic E-state index is 13.0. The van der Waals surface area contributed by atoms with Crippen molar-refractivity contribution >= 4 is 11.4 Å². The van der Waals surface area contributed by atoms with Gasteiger partial charge < -0.3 is 11.1 Å². The van der Waals surface area contributed by atoms with Gasteiger partial charge >= 0.3 is 0 Å². The van der Waals surface area contributed by atoms with Crippen LogP contribution in [-0.4, -0.2) is 6.54 Å². The summed E-state index contributed by atoms with van der Waals surface area (Å²) in [5.41, 5.74) is 11.0. The van der Waals surface area contributed by atoms with Crippen LogP contribution in [0.4, 0.5) is 15.8 Å². The highest BCUT2D eigenvalue weighted by molar-refractivity contribution is 5.68. The van der Waals surface area contributed by atoms with Crippen molar-refractivity contribution in [3.05, 3.63) is 58.9 Å². The quantitative estimate of drug-likeness (QED) is 0.821. The van der Waals surface area contributed by atoms with Crippen LogP contribution in [0.5, 0.6) is 0 Å². The predicted octanol–water partition coefficient (Wildman–Crippen LogP) is 3.68. The lowest BCUT2D eigenvalue weighted by atomic mass is 10.1. The number of halogens is 1. The Hall–Kier alpha value is -2.03. The Bertz CT molecular complexity index is 579. The molecule has 0 saturated heterocycles. The van der Waals surface area contributed by atoms with E-state index < -0.39 is 0 Å². The summed E-state index contributed by atoms with van der Waals surface area (Å²) in [6.45, 7) is 4.84. The molecule has 3 heteroatoms.